The third kappa shape index (κ3) is 4.63. The van der Waals surface area contributed by atoms with Gasteiger partial charge in [0.1, 0.15) is 6.10 Å². The summed E-state index contributed by atoms with van der Waals surface area (Å²) in [6.07, 6.45) is 0.728. The molecule has 3 atom stereocenters. The maximum absolute atomic E-state index is 12.6. The van der Waals surface area contributed by atoms with Crippen LogP contribution < -0.4 is 14.8 Å². The molecule has 1 aromatic rings. The fourth-order valence-corrected chi connectivity index (χ4v) is 3.87. The van der Waals surface area contributed by atoms with Crippen LogP contribution in [-0.2, 0) is 14.3 Å². The molecule has 0 saturated carbocycles. The fourth-order valence-electron chi connectivity index (χ4n) is 3.87. The van der Waals surface area contributed by atoms with E-state index in [2.05, 4.69) is 5.32 Å². The second kappa shape index (κ2) is 8.98. The highest BCUT2D eigenvalue weighted by Gasteiger charge is 2.34. The number of aliphatic hydroxyl groups excluding tert-OH is 1. The van der Waals surface area contributed by atoms with Crippen LogP contribution in [0.2, 0.25) is 0 Å². The minimum Gasteiger partial charge on any atom is -0.454 e. The molecule has 2 fully saturated rings. The van der Waals surface area contributed by atoms with Crippen molar-refractivity contribution in [3.63, 3.8) is 0 Å². The Bertz CT molecular complexity index is 750. The first-order valence-corrected chi connectivity index (χ1v) is 9.96. The number of nitrogens with one attached hydrogen (secondary N) is 1. The van der Waals surface area contributed by atoms with Crippen molar-refractivity contribution in [1.82, 2.24) is 10.2 Å². The maximum Gasteiger partial charge on any atom is 0.251 e. The SMILES string of the molecule is O=C(N[C@H]1CC[C@@H](CC(=O)N2CCOCC2)O[C@H]1CO)c1ccc2c(c1)OCO2. The average molecular weight is 406 g/mol. The molecule has 1 aromatic carbocycles. The van der Waals surface area contributed by atoms with Crippen LogP contribution in [0.4, 0.5) is 0 Å². The first-order valence-electron chi connectivity index (χ1n) is 9.96. The number of benzene rings is 1. The molecule has 9 nitrogen and oxygen atoms in total. The zero-order valence-corrected chi connectivity index (χ0v) is 16.2. The van der Waals surface area contributed by atoms with E-state index in [0.717, 1.165) is 0 Å². The van der Waals surface area contributed by atoms with Crippen molar-refractivity contribution in [2.45, 2.75) is 37.5 Å². The van der Waals surface area contributed by atoms with E-state index in [4.69, 9.17) is 18.9 Å². The van der Waals surface area contributed by atoms with Crippen LogP contribution in [0.15, 0.2) is 18.2 Å². The first kappa shape index (κ1) is 19.9. The van der Waals surface area contributed by atoms with E-state index in [1.165, 1.54) is 0 Å². The summed E-state index contributed by atoms with van der Waals surface area (Å²) in [5.41, 5.74) is 0.454. The van der Waals surface area contributed by atoms with Crippen molar-refractivity contribution < 1.29 is 33.6 Å². The molecule has 3 heterocycles. The van der Waals surface area contributed by atoms with Crippen molar-refractivity contribution >= 4 is 11.8 Å². The molecule has 2 amide bonds. The number of ether oxygens (including phenoxy) is 4. The highest BCUT2D eigenvalue weighted by Crippen LogP contribution is 2.32. The van der Waals surface area contributed by atoms with Gasteiger partial charge in [-0.1, -0.05) is 0 Å². The van der Waals surface area contributed by atoms with Crippen LogP contribution in [0.3, 0.4) is 0 Å². The normalized spacial score (nSPS) is 26.2. The Morgan fingerprint density at radius 2 is 1.93 bits per heavy atom. The molecule has 158 valence electrons. The Labute approximate surface area is 168 Å². The Morgan fingerprint density at radius 1 is 1.14 bits per heavy atom. The summed E-state index contributed by atoms with van der Waals surface area (Å²) < 4.78 is 21.8. The monoisotopic (exact) mass is 406 g/mol. The van der Waals surface area contributed by atoms with Gasteiger partial charge in [0.2, 0.25) is 12.7 Å². The van der Waals surface area contributed by atoms with Gasteiger partial charge in [0.05, 0.1) is 38.4 Å². The minimum absolute atomic E-state index is 0.0397. The van der Waals surface area contributed by atoms with E-state index in [0.29, 0.717) is 56.2 Å². The second-order valence-corrected chi connectivity index (χ2v) is 7.40. The van der Waals surface area contributed by atoms with E-state index in [1.54, 1.807) is 23.1 Å². The summed E-state index contributed by atoms with van der Waals surface area (Å²) >= 11 is 0. The molecule has 0 bridgehead atoms. The molecule has 2 saturated heterocycles. The van der Waals surface area contributed by atoms with Gasteiger partial charge < -0.3 is 34.3 Å². The smallest absolute Gasteiger partial charge is 0.251 e. The molecule has 0 unspecified atom stereocenters. The molecular weight excluding hydrogens is 380 g/mol. The standard InChI is InChI=1S/C20H26N2O7/c23-11-18-15(21-20(25)13-1-4-16-17(9-13)28-12-27-16)3-2-14(29-18)10-19(24)22-5-7-26-8-6-22/h1,4,9,14-15,18,23H,2-3,5-8,10-12H2,(H,21,25)/t14-,15-,18-/m0/s1. The van der Waals surface area contributed by atoms with Crippen molar-refractivity contribution in [3.8, 4) is 11.5 Å². The van der Waals surface area contributed by atoms with Crippen molar-refractivity contribution in [2.75, 3.05) is 39.7 Å². The minimum atomic E-state index is -0.552. The van der Waals surface area contributed by atoms with Gasteiger partial charge in [0.25, 0.3) is 5.91 Å². The van der Waals surface area contributed by atoms with Gasteiger partial charge in [0.15, 0.2) is 11.5 Å². The predicted molar refractivity (Wildman–Crippen MR) is 101 cm³/mol. The van der Waals surface area contributed by atoms with Gasteiger partial charge in [0, 0.05) is 18.7 Å². The van der Waals surface area contributed by atoms with Crippen molar-refractivity contribution in [2.24, 2.45) is 0 Å². The highest BCUT2D eigenvalue weighted by atomic mass is 16.7. The van der Waals surface area contributed by atoms with Gasteiger partial charge in [-0.2, -0.15) is 0 Å². The number of morpholine rings is 1. The molecule has 2 N–H and O–H groups in total. The predicted octanol–water partition coefficient (Wildman–Crippen LogP) is 0.303. The highest BCUT2D eigenvalue weighted by molar-refractivity contribution is 5.95. The first-order chi connectivity index (χ1) is 14.1. The summed E-state index contributed by atoms with van der Waals surface area (Å²) in [4.78, 5) is 26.8. The number of aliphatic hydroxyl groups is 1. The number of nitrogens with zero attached hydrogens (tertiary/aromatic N) is 1. The topological polar surface area (TPSA) is 107 Å². The summed E-state index contributed by atoms with van der Waals surface area (Å²) in [6.45, 7) is 2.24. The maximum atomic E-state index is 12.6. The Balaban J connectivity index is 1.31. The molecule has 0 radical (unpaired) electrons. The fraction of sp³-hybridized carbons (Fsp3) is 0.600. The molecule has 29 heavy (non-hydrogen) atoms. The zero-order chi connectivity index (χ0) is 20.2. The molecule has 0 aromatic heterocycles. The Kier molecular flexibility index (Phi) is 6.17. The van der Waals surface area contributed by atoms with Gasteiger partial charge in [-0.15, -0.1) is 0 Å². The van der Waals surface area contributed by atoms with Gasteiger partial charge >= 0.3 is 0 Å². The Hall–Kier alpha value is -2.36. The number of hydrogen-bond donors (Lipinski definition) is 2. The number of fused-ring (bicyclic) bond motifs is 1. The number of carbonyl (C=O) groups excluding carboxylic acids is 2. The number of carbonyl (C=O) groups is 2. The van der Waals surface area contributed by atoms with E-state index < -0.39 is 6.10 Å². The average Bonchev–Trinajstić information content (AvgIpc) is 3.23. The summed E-state index contributed by atoms with van der Waals surface area (Å²) in [5, 5.41) is 12.7. The number of hydrogen-bond acceptors (Lipinski definition) is 7. The molecule has 4 rings (SSSR count). The van der Waals surface area contributed by atoms with Crippen LogP contribution in [0, 0.1) is 0 Å². The molecular formula is C20H26N2O7. The van der Waals surface area contributed by atoms with E-state index >= 15 is 0 Å². The van der Waals surface area contributed by atoms with E-state index in [9.17, 15) is 14.7 Å². The van der Waals surface area contributed by atoms with Crippen molar-refractivity contribution in [1.29, 1.82) is 0 Å². The van der Waals surface area contributed by atoms with Crippen LogP contribution in [-0.4, -0.2) is 79.8 Å². The lowest BCUT2D eigenvalue weighted by molar-refractivity contribution is -0.143. The molecule has 0 aliphatic carbocycles. The van der Waals surface area contributed by atoms with Crippen molar-refractivity contribution in [3.05, 3.63) is 23.8 Å². The molecule has 9 heteroatoms. The van der Waals surface area contributed by atoms with Crippen LogP contribution in [0.1, 0.15) is 29.6 Å². The van der Waals surface area contributed by atoms with Gasteiger partial charge in [-0.05, 0) is 31.0 Å². The molecule has 0 spiro atoms. The van der Waals surface area contributed by atoms with Crippen LogP contribution >= 0.6 is 0 Å². The van der Waals surface area contributed by atoms with Crippen LogP contribution in [0.25, 0.3) is 0 Å². The summed E-state index contributed by atoms with van der Waals surface area (Å²) in [5.74, 6) is 0.928. The zero-order valence-electron chi connectivity index (χ0n) is 16.2. The number of rotatable bonds is 5. The van der Waals surface area contributed by atoms with Gasteiger partial charge in [-0.25, -0.2) is 0 Å². The van der Waals surface area contributed by atoms with E-state index in [1.807, 2.05) is 0 Å². The van der Waals surface area contributed by atoms with Crippen LogP contribution in [0.5, 0.6) is 11.5 Å². The summed E-state index contributed by atoms with van der Waals surface area (Å²) in [7, 11) is 0. The molecule has 3 aliphatic heterocycles. The molecule has 3 aliphatic rings. The van der Waals surface area contributed by atoms with Gasteiger partial charge in [-0.3, -0.25) is 9.59 Å². The lowest BCUT2D eigenvalue weighted by atomic mass is 9.96. The van der Waals surface area contributed by atoms with E-state index in [-0.39, 0.29) is 43.8 Å². The lowest BCUT2D eigenvalue weighted by Gasteiger charge is -2.37. The quantitative estimate of drug-likeness (QED) is 0.724. The lowest BCUT2D eigenvalue weighted by Crippen LogP contribution is -2.52. The Morgan fingerprint density at radius 3 is 2.72 bits per heavy atom. The second-order valence-electron chi connectivity index (χ2n) is 7.40. The summed E-state index contributed by atoms with van der Waals surface area (Å²) in [6, 6.07) is 4.68. The largest absolute Gasteiger partial charge is 0.454 e. The number of amides is 2. The third-order valence-electron chi connectivity index (χ3n) is 5.51. The third-order valence-corrected chi connectivity index (χ3v) is 5.51.